The third-order valence-corrected chi connectivity index (χ3v) is 3.67. The van der Waals surface area contributed by atoms with Crippen LogP contribution in [0.25, 0.3) is 0 Å². The molecular formula is C12H20N2O3. The van der Waals surface area contributed by atoms with Crippen molar-refractivity contribution in [2.24, 2.45) is 5.92 Å². The van der Waals surface area contributed by atoms with Gasteiger partial charge in [0.15, 0.2) is 0 Å². The fraction of sp³-hybridized carbons (Fsp3) is 0.833. The van der Waals surface area contributed by atoms with Crippen LogP contribution in [0.15, 0.2) is 0 Å². The van der Waals surface area contributed by atoms with Gasteiger partial charge in [-0.15, -0.1) is 0 Å². The van der Waals surface area contributed by atoms with Crippen molar-refractivity contribution in [2.75, 3.05) is 19.6 Å². The van der Waals surface area contributed by atoms with E-state index in [9.17, 15) is 9.59 Å². The molecule has 2 atom stereocenters. The van der Waals surface area contributed by atoms with Crippen molar-refractivity contribution in [3.63, 3.8) is 0 Å². The van der Waals surface area contributed by atoms with Gasteiger partial charge in [0, 0.05) is 19.5 Å². The number of nitrogens with one attached hydrogen (secondary N) is 1. The van der Waals surface area contributed by atoms with Crippen LogP contribution < -0.4 is 5.32 Å². The summed E-state index contributed by atoms with van der Waals surface area (Å²) in [5.74, 6) is -0.460. The molecule has 2 rings (SSSR count). The summed E-state index contributed by atoms with van der Waals surface area (Å²) in [7, 11) is 0. The van der Waals surface area contributed by atoms with Gasteiger partial charge in [0.25, 0.3) is 0 Å². The molecule has 1 amide bonds. The minimum Gasteiger partial charge on any atom is -0.481 e. The number of aliphatic carboxylic acids is 1. The minimum absolute atomic E-state index is 0.0349. The highest BCUT2D eigenvalue weighted by molar-refractivity contribution is 5.82. The maximum Gasteiger partial charge on any atom is 0.303 e. The molecule has 17 heavy (non-hydrogen) atoms. The van der Waals surface area contributed by atoms with Crippen molar-refractivity contribution in [3.05, 3.63) is 0 Å². The molecule has 1 unspecified atom stereocenters. The summed E-state index contributed by atoms with van der Waals surface area (Å²) in [6.45, 7) is 2.25. The van der Waals surface area contributed by atoms with E-state index in [1.54, 1.807) is 0 Å². The predicted molar refractivity (Wildman–Crippen MR) is 62.6 cm³/mol. The minimum atomic E-state index is -0.764. The van der Waals surface area contributed by atoms with Gasteiger partial charge in [-0.3, -0.25) is 9.59 Å². The molecule has 0 aromatic carbocycles. The maximum atomic E-state index is 12.1. The van der Waals surface area contributed by atoms with Crippen LogP contribution in [-0.4, -0.2) is 47.6 Å². The number of likely N-dealkylation sites (tertiary alicyclic amines) is 1. The lowest BCUT2D eigenvalue weighted by Gasteiger charge is -2.27. The van der Waals surface area contributed by atoms with Crippen LogP contribution in [0.1, 0.15) is 32.1 Å². The topological polar surface area (TPSA) is 69.6 Å². The smallest absolute Gasteiger partial charge is 0.303 e. The van der Waals surface area contributed by atoms with E-state index < -0.39 is 5.97 Å². The highest BCUT2D eigenvalue weighted by atomic mass is 16.4. The molecule has 0 spiro atoms. The number of piperidine rings is 1. The Bertz CT molecular complexity index is 300. The standard InChI is InChI=1S/C12H20N2O3/c15-11(16)7-9-4-6-14(8-9)12(17)10-3-1-2-5-13-10/h9-10,13H,1-8H2,(H,15,16)/t9?,10-/m1/s1. The predicted octanol–water partition coefficient (Wildman–Crippen LogP) is 0.452. The summed E-state index contributed by atoms with van der Waals surface area (Å²) in [6.07, 6.45) is 4.17. The average molecular weight is 240 g/mol. The number of carboxylic acids is 1. The Labute approximate surface area is 101 Å². The molecular weight excluding hydrogens is 220 g/mol. The molecule has 2 fully saturated rings. The van der Waals surface area contributed by atoms with Gasteiger partial charge in [0.2, 0.25) is 5.91 Å². The first-order chi connectivity index (χ1) is 8.16. The first kappa shape index (κ1) is 12.4. The fourth-order valence-corrected chi connectivity index (χ4v) is 2.73. The first-order valence-corrected chi connectivity index (χ1v) is 6.41. The largest absolute Gasteiger partial charge is 0.481 e. The number of hydrogen-bond acceptors (Lipinski definition) is 3. The van der Waals surface area contributed by atoms with E-state index >= 15 is 0 Å². The monoisotopic (exact) mass is 240 g/mol. The molecule has 0 aromatic rings. The first-order valence-electron chi connectivity index (χ1n) is 6.41. The van der Waals surface area contributed by atoms with E-state index in [1.807, 2.05) is 4.90 Å². The van der Waals surface area contributed by atoms with Crippen molar-refractivity contribution in [2.45, 2.75) is 38.1 Å². The van der Waals surface area contributed by atoms with Crippen LogP contribution >= 0.6 is 0 Å². The lowest BCUT2D eigenvalue weighted by molar-refractivity contribution is -0.138. The second-order valence-corrected chi connectivity index (χ2v) is 5.04. The van der Waals surface area contributed by atoms with E-state index in [0.717, 1.165) is 38.8 Å². The third kappa shape index (κ3) is 3.19. The molecule has 0 aromatic heterocycles. The van der Waals surface area contributed by atoms with Gasteiger partial charge in [0.05, 0.1) is 6.04 Å². The Kier molecular flexibility index (Phi) is 3.99. The van der Waals surface area contributed by atoms with Crippen molar-refractivity contribution >= 4 is 11.9 Å². The number of carbonyl (C=O) groups is 2. The molecule has 0 saturated carbocycles. The molecule has 2 saturated heterocycles. The van der Waals surface area contributed by atoms with Gasteiger partial charge in [-0.05, 0) is 31.7 Å². The summed E-state index contributed by atoms with van der Waals surface area (Å²) in [4.78, 5) is 24.6. The second kappa shape index (κ2) is 5.49. The molecule has 0 aliphatic carbocycles. The normalized spacial score (nSPS) is 29.3. The van der Waals surface area contributed by atoms with Gasteiger partial charge in [-0.25, -0.2) is 0 Å². The van der Waals surface area contributed by atoms with Gasteiger partial charge in [-0.1, -0.05) is 6.42 Å². The molecule has 2 heterocycles. The van der Waals surface area contributed by atoms with Crippen LogP contribution in [0.3, 0.4) is 0 Å². The highest BCUT2D eigenvalue weighted by Gasteiger charge is 2.32. The van der Waals surface area contributed by atoms with Crippen LogP contribution in [0.5, 0.6) is 0 Å². The molecule has 5 heteroatoms. The van der Waals surface area contributed by atoms with E-state index in [1.165, 1.54) is 0 Å². The number of carboxylic acid groups (broad SMARTS) is 1. The number of carbonyl (C=O) groups excluding carboxylic acids is 1. The molecule has 96 valence electrons. The highest BCUT2D eigenvalue weighted by Crippen LogP contribution is 2.21. The number of nitrogens with zero attached hydrogens (tertiary/aromatic N) is 1. The molecule has 2 aliphatic heterocycles. The summed E-state index contributed by atoms with van der Waals surface area (Å²) in [5.41, 5.74) is 0. The Morgan fingerprint density at radius 2 is 2.12 bits per heavy atom. The third-order valence-electron chi connectivity index (χ3n) is 3.67. The van der Waals surface area contributed by atoms with E-state index in [4.69, 9.17) is 5.11 Å². The zero-order chi connectivity index (χ0) is 12.3. The average Bonchev–Trinajstić information content (AvgIpc) is 2.77. The summed E-state index contributed by atoms with van der Waals surface area (Å²) >= 11 is 0. The van der Waals surface area contributed by atoms with Crippen LogP contribution in [0.4, 0.5) is 0 Å². The lowest BCUT2D eigenvalue weighted by atomic mass is 10.0. The molecule has 0 bridgehead atoms. The van der Waals surface area contributed by atoms with Crippen LogP contribution in [0.2, 0.25) is 0 Å². The Hall–Kier alpha value is -1.10. The second-order valence-electron chi connectivity index (χ2n) is 5.04. The zero-order valence-corrected chi connectivity index (χ0v) is 10.0. The SMILES string of the molecule is O=C(O)CC1CCN(C(=O)[C@H]2CCCCN2)C1. The summed E-state index contributed by atoms with van der Waals surface area (Å²) < 4.78 is 0. The Morgan fingerprint density at radius 1 is 1.29 bits per heavy atom. The number of hydrogen-bond donors (Lipinski definition) is 2. The van der Waals surface area contributed by atoms with Crippen molar-refractivity contribution in [3.8, 4) is 0 Å². The summed E-state index contributed by atoms with van der Waals surface area (Å²) in [6, 6.07) is -0.0349. The van der Waals surface area contributed by atoms with E-state index in [2.05, 4.69) is 5.32 Å². The summed E-state index contributed by atoms with van der Waals surface area (Å²) in [5, 5.41) is 12.0. The van der Waals surface area contributed by atoms with Crippen molar-refractivity contribution < 1.29 is 14.7 Å². The Morgan fingerprint density at radius 3 is 2.76 bits per heavy atom. The molecule has 2 aliphatic rings. The van der Waals surface area contributed by atoms with Gasteiger partial charge in [-0.2, -0.15) is 0 Å². The molecule has 5 nitrogen and oxygen atoms in total. The van der Waals surface area contributed by atoms with Crippen molar-refractivity contribution in [1.29, 1.82) is 0 Å². The quantitative estimate of drug-likeness (QED) is 0.751. The molecule has 0 radical (unpaired) electrons. The van der Waals surface area contributed by atoms with Crippen LogP contribution in [-0.2, 0) is 9.59 Å². The van der Waals surface area contributed by atoms with E-state index in [-0.39, 0.29) is 24.3 Å². The van der Waals surface area contributed by atoms with Gasteiger partial charge in [0.1, 0.15) is 0 Å². The number of amides is 1. The van der Waals surface area contributed by atoms with E-state index in [0.29, 0.717) is 6.54 Å². The zero-order valence-electron chi connectivity index (χ0n) is 10.0. The molecule has 2 N–H and O–H groups in total. The van der Waals surface area contributed by atoms with Crippen molar-refractivity contribution in [1.82, 2.24) is 10.2 Å². The van der Waals surface area contributed by atoms with Crippen LogP contribution in [0, 0.1) is 5.92 Å². The Balaban J connectivity index is 1.82. The maximum absolute atomic E-state index is 12.1. The van der Waals surface area contributed by atoms with Gasteiger partial charge < -0.3 is 15.3 Å². The fourth-order valence-electron chi connectivity index (χ4n) is 2.73. The van der Waals surface area contributed by atoms with Gasteiger partial charge >= 0.3 is 5.97 Å². The number of rotatable bonds is 3. The lowest BCUT2D eigenvalue weighted by Crippen LogP contribution is -2.47.